The first kappa shape index (κ1) is 22.9. The third kappa shape index (κ3) is 5.22. The summed E-state index contributed by atoms with van der Waals surface area (Å²) in [5, 5.41) is 3.13. The van der Waals surface area contributed by atoms with Gasteiger partial charge in [-0.3, -0.25) is 24.1 Å². The molecule has 0 aliphatic rings. The van der Waals surface area contributed by atoms with Crippen LogP contribution in [-0.2, 0) is 23.3 Å². The van der Waals surface area contributed by atoms with Crippen LogP contribution in [0.1, 0.15) is 21.7 Å². The Morgan fingerprint density at radius 2 is 1.91 bits per heavy atom. The Balaban J connectivity index is 1.40. The van der Waals surface area contributed by atoms with E-state index < -0.39 is 10.3 Å². The van der Waals surface area contributed by atoms with Crippen molar-refractivity contribution >= 4 is 38.9 Å². The Bertz CT molecular complexity index is 1480. The van der Waals surface area contributed by atoms with Crippen molar-refractivity contribution in [2.45, 2.75) is 13.0 Å². The SMILES string of the molecule is Nc1nc2[nH]c(CCNC(=O)c3ccc(N(Cc4ccccn4)S(=O)(=O)O)cc3)cc2c(=O)[nH]1. The van der Waals surface area contributed by atoms with E-state index in [-0.39, 0.29) is 36.2 Å². The molecule has 0 spiro atoms. The highest BCUT2D eigenvalue weighted by Crippen LogP contribution is 2.20. The Hall–Kier alpha value is -4.23. The number of carbonyl (C=O) groups excluding carboxylic acids is 1. The molecule has 176 valence electrons. The van der Waals surface area contributed by atoms with Crippen LogP contribution in [-0.4, -0.2) is 45.4 Å². The molecular formula is C21H21N7O5S. The molecule has 0 bridgehead atoms. The molecule has 0 unspecified atom stereocenters. The fourth-order valence-electron chi connectivity index (χ4n) is 3.36. The Morgan fingerprint density at radius 3 is 2.59 bits per heavy atom. The number of H-pyrrole nitrogens is 2. The number of rotatable bonds is 8. The molecule has 6 N–H and O–H groups in total. The van der Waals surface area contributed by atoms with E-state index in [1.165, 1.54) is 30.5 Å². The zero-order valence-corrected chi connectivity index (χ0v) is 18.5. The average Bonchev–Trinajstić information content (AvgIpc) is 3.20. The molecule has 12 nitrogen and oxygen atoms in total. The van der Waals surface area contributed by atoms with Gasteiger partial charge in [-0.1, -0.05) is 6.07 Å². The number of nitrogens with zero attached hydrogens (tertiary/aromatic N) is 3. The second-order valence-corrected chi connectivity index (χ2v) is 8.70. The summed E-state index contributed by atoms with van der Waals surface area (Å²) in [6, 6.07) is 12.4. The molecule has 4 rings (SSSR count). The molecule has 3 aromatic heterocycles. The topological polar surface area (TPSA) is 187 Å². The molecule has 1 aromatic carbocycles. The average molecular weight is 484 g/mol. The number of carbonyl (C=O) groups is 1. The summed E-state index contributed by atoms with van der Waals surface area (Å²) in [5.74, 6) is -0.360. The molecule has 4 aromatic rings. The number of aromatic amines is 2. The first-order valence-electron chi connectivity index (χ1n) is 10.1. The largest absolute Gasteiger partial charge is 0.369 e. The van der Waals surface area contributed by atoms with Crippen molar-refractivity contribution in [2.24, 2.45) is 0 Å². The third-order valence-corrected chi connectivity index (χ3v) is 5.88. The summed E-state index contributed by atoms with van der Waals surface area (Å²) < 4.78 is 34.2. The highest BCUT2D eigenvalue weighted by atomic mass is 32.2. The van der Waals surface area contributed by atoms with E-state index in [9.17, 15) is 22.6 Å². The Kier molecular flexibility index (Phi) is 6.30. The first-order chi connectivity index (χ1) is 16.2. The van der Waals surface area contributed by atoms with Crippen LogP contribution in [0.15, 0.2) is 59.5 Å². The summed E-state index contributed by atoms with van der Waals surface area (Å²) in [6.45, 7) is 0.108. The molecular weight excluding hydrogens is 462 g/mol. The van der Waals surface area contributed by atoms with Crippen LogP contribution in [0.3, 0.4) is 0 Å². The summed E-state index contributed by atoms with van der Waals surface area (Å²) >= 11 is 0. The van der Waals surface area contributed by atoms with Gasteiger partial charge in [0.2, 0.25) is 5.95 Å². The fraction of sp³-hybridized carbons (Fsp3) is 0.143. The van der Waals surface area contributed by atoms with E-state index >= 15 is 0 Å². The van der Waals surface area contributed by atoms with Crippen LogP contribution in [0.25, 0.3) is 11.0 Å². The maximum Gasteiger partial charge on any atom is 0.360 e. The van der Waals surface area contributed by atoms with E-state index in [2.05, 4.69) is 25.3 Å². The van der Waals surface area contributed by atoms with Crippen molar-refractivity contribution in [3.63, 3.8) is 0 Å². The maximum absolute atomic E-state index is 12.5. The summed E-state index contributed by atoms with van der Waals surface area (Å²) in [6.07, 6.45) is 1.94. The van der Waals surface area contributed by atoms with E-state index in [4.69, 9.17) is 5.73 Å². The minimum atomic E-state index is -4.56. The smallest absolute Gasteiger partial charge is 0.360 e. The van der Waals surface area contributed by atoms with Crippen molar-refractivity contribution in [1.29, 1.82) is 0 Å². The maximum atomic E-state index is 12.5. The fourth-order valence-corrected chi connectivity index (χ4v) is 4.05. The molecule has 0 atom stereocenters. The number of nitrogens with two attached hydrogens (primary N) is 1. The van der Waals surface area contributed by atoms with Gasteiger partial charge in [0.15, 0.2) is 0 Å². The zero-order chi connectivity index (χ0) is 24.3. The molecule has 0 fully saturated rings. The number of nitrogens with one attached hydrogen (secondary N) is 3. The van der Waals surface area contributed by atoms with Crippen molar-refractivity contribution in [3.8, 4) is 0 Å². The minimum absolute atomic E-state index is 0.00949. The number of hydrogen-bond acceptors (Lipinski definition) is 7. The predicted molar refractivity (Wildman–Crippen MR) is 126 cm³/mol. The number of hydrogen-bond donors (Lipinski definition) is 5. The third-order valence-electron chi connectivity index (χ3n) is 4.98. The van der Waals surface area contributed by atoms with Gasteiger partial charge in [-0.15, -0.1) is 0 Å². The number of nitrogen functional groups attached to an aromatic ring is 1. The predicted octanol–water partition coefficient (Wildman–Crippen LogP) is 1.01. The number of pyridine rings is 1. The van der Waals surface area contributed by atoms with Gasteiger partial charge in [0.05, 0.1) is 23.3 Å². The van der Waals surface area contributed by atoms with Crippen LogP contribution < -0.4 is 20.9 Å². The van der Waals surface area contributed by atoms with Gasteiger partial charge in [0.25, 0.3) is 11.5 Å². The normalized spacial score (nSPS) is 11.4. The van der Waals surface area contributed by atoms with Crippen molar-refractivity contribution < 1.29 is 17.8 Å². The van der Waals surface area contributed by atoms with E-state index in [1.807, 2.05) is 0 Å². The summed E-state index contributed by atoms with van der Waals surface area (Å²) in [7, 11) is -4.56. The standard InChI is InChI=1S/C21H21N7O5S/c22-21-26-18-17(20(30)27-21)11-14(25-18)8-10-24-19(29)13-4-6-16(7-5-13)28(34(31,32)33)12-15-3-1-2-9-23-15/h1-7,9,11H,8,10,12H2,(H,24,29)(H,31,32,33)(H4,22,25,26,27,30). The highest BCUT2D eigenvalue weighted by Gasteiger charge is 2.21. The van der Waals surface area contributed by atoms with Crippen LogP contribution in [0.2, 0.25) is 0 Å². The lowest BCUT2D eigenvalue weighted by atomic mass is 10.2. The van der Waals surface area contributed by atoms with Crippen molar-refractivity contribution in [2.75, 3.05) is 16.6 Å². The number of benzene rings is 1. The summed E-state index contributed by atoms with van der Waals surface area (Å²) in [4.78, 5) is 37.9. The molecule has 0 aliphatic heterocycles. The number of amides is 1. The van der Waals surface area contributed by atoms with Crippen molar-refractivity contribution in [1.82, 2.24) is 25.3 Å². The van der Waals surface area contributed by atoms with Crippen LogP contribution in [0.4, 0.5) is 11.6 Å². The van der Waals surface area contributed by atoms with Gasteiger partial charge < -0.3 is 16.0 Å². The van der Waals surface area contributed by atoms with Gasteiger partial charge in [-0.2, -0.15) is 13.4 Å². The lowest BCUT2D eigenvalue weighted by molar-refractivity contribution is 0.0954. The first-order valence-corrected chi connectivity index (χ1v) is 11.5. The quantitative estimate of drug-likeness (QED) is 0.230. The molecule has 34 heavy (non-hydrogen) atoms. The second-order valence-electron chi connectivity index (χ2n) is 7.37. The van der Waals surface area contributed by atoms with Gasteiger partial charge in [0, 0.05) is 30.4 Å². The van der Waals surface area contributed by atoms with E-state index in [0.29, 0.717) is 34.4 Å². The molecule has 0 radical (unpaired) electrons. The van der Waals surface area contributed by atoms with E-state index in [0.717, 1.165) is 4.31 Å². The number of aromatic nitrogens is 4. The lowest BCUT2D eigenvalue weighted by Crippen LogP contribution is -2.30. The van der Waals surface area contributed by atoms with Crippen LogP contribution in [0, 0.1) is 0 Å². The van der Waals surface area contributed by atoms with Crippen LogP contribution >= 0.6 is 0 Å². The molecule has 0 saturated heterocycles. The highest BCUT2D eigenvalue weighted by molar-refractivity contribution is 7.87. The monoisotopic (exact) mass is 483 g/mol. The second kappa shape index (κ2) is 9.33. The van der Waals surface area contributed by atoms with E-state index in [1.54, 1.807) is 24.3 Å². The van der Waals surface area contributed by atoms with Gasteiger partial charge in [0.1, 0.15) is 5.65 Å². The molecule has 3 heterocycles. The minimum Gasteiger partial charge on any atom is -0.369 e. The van der Waals surface area contributed by atoms with Crippen molar-refractivity contribution in [3.05, 3.63) is 82.0 Å². The zero-order valence-electron chi connectivity index (χ0n) is 17.7. The number of fused-ring (bicyclic) bond motifs is 1. The molecule has 1 amide bonds. The Labute approximate surface area is 193 Å². The van der Waals surface area contributed by atoms with Gasteiger partial charge >= 0.3 is 10.3 Å². The number of anilines is 2. The summed E-state index contributed by atoms with van der Waals surface area (Å²) in [5.41, 5.74) is 7.18. The molecule has 0 aliphatic carbocycles. The van der Waals surface area contributed by atoms with Gasteiger partial charge in [-0.25, -0.2) is 4.31 Å². The molecule has 13 heteroatoms. The molecule has 0 saturated carbocycles. The van der Waals surface area contributed by atoms with Gasteiger partial charge in [-0.05, 0) is 42.5 Å². The van der Waals surface area contributed by atoms with Crippen LogP contribution in [0.5, 0.6) is 0 Å². The Morgan fingerprint density at radius 1 is 1.15 bits per heavy atom. The lowest BCUT2D eigenvalue weighted by Gasteiger charge is -2.20.